The molecule has 17 heteroatoms. The Balaban J connectivity index is 0. The van der Waals surface area contributed by atoms with Crippen molar-refractivity contribution < 1.29 is 53.4 Å². The van der Waals surface area contributed by atoms with Gasteiger partial charge in [-0.05, 0) is 41.5 Å². The number of nitrogens with zero attached hydrogens (tertiary/aromatic N) is 4. The third kappa shape index (κ3) is 12.6. The molecule has 2 N–H and O–H groups in total. The number of rotatable bonds is 1. The minimum Gasteiger partial charge on any atom is -0.519 e. The van der Waals surface area contributed by atoms with Crippen molar-refractivity contribution in [2.45, 2.75) is 41.5 Å². The maximum absolute atomic E-state index is 13.2. The van der Waals surface area contributed by atoms with Gasteiger partial charge in [0.15, 0.2) is 0 Å². The molecule has 10 nitrogen and oxygen atoms in total. The van der Waals surface area contributed by atoms with E-state index in [2.05, 4.69) is 39.6 Å². The Labute approximate surface area is 175 Å². The standard InChI is InChI=1S/C8H12B2F4N4O4.C4H8N2.Fe/c1-5-6(2)16-20-10(13,14)22-18-8(4)7(3)17-21-9(11,12)19-15-5;1-3(5)4(2)6;/h1-4H3;5-6H,1-2H3;/q-2;;+2/b15-5+,16-6+,17-7+,18-8+;;. The van der Waals surface area contributed by atoms with Crippen LogP contribution in [0, 0.1) is 10.8 Å². The van der Waals surface area contributed by atoms with E-state index in [1.54, 1.807) is 13.8 Å². The zero-order valence-corrected chi connectivity index (χ0v) is 17.5. The summed E-state index contributed by atoms with van der Waals surface area (Å²) in [5, 5.41) is 25.5. The average molecular weight is 466 g/mol. The Morgan fingerprint density at radius 1 is 0.621 bits per heavy atom. The first-order chi connectivity index (χ1) is 12.7. The van der Waals surface area contributed by atoms with Crippen LogP contribution in [0.3, 0.4) is 0 Å². The van der Waals surface area contributed by atoms with Crippen LogP contribution in [-0.4, -0.2) is 48.5 Å². The maximum Gasteiger partial charge on any atom is 2.00 e. The molecule has 0 aliphatic carbocycles. The Kier molecular flexibility index (Phi) is 12.1. The van der Waals surface area contributed by atoms with Gasteiger partial charge in [0.2, 0.25) is 0 Å². The summed E-state index contributed by atoms with van der Waals surface area (Å²) in [5.74, 6) is 0. The molecule has 1 heterocycles. The fourth-order valence-corrected chi connectivity index (χ4v) is 0.864. The van der Waals surface area contributed by atoms with Crippen molar-refractivity contribution in [3.63, 3.8) is 0 Å². The molecule has 0 radical (unpaired) electrons. The normalized spacial score (nSPS) is 25.6. The van der Waals surface area contributed by atoms with Crippen LogP contribution in [-0.2, 0) is 36.1 Å². The van der Waals surface area contributed by atoms with Crippen molar-refractivity contribution in [3.8, 4) is 0 Å². The smallest absolute Gasteiger partial charge is 0.519 e. The van der Waals surface area contributed by atoms with Crippen molar-refractivity contribution in [2.24, 2.45) is 20.6 Å². The Hall–Kier alpha value is -2.41. The van der Waals surface area contributed by atoms with Gasteiger partial charge in [-0.2, -0.15) is 0 Å². The van der Waals surface area contributed by atoms with Crippen LogP contribution in [0.25, 0.3) is 0 Å². The van der Waals surface area contributed by atoms with Crippen molar-refractivity contribution in [3.05, 3.63) is 0 Å². The molecular weight excluding hydrogens is 446 g/mol. The second-order valence-electron chi connectivity index (χ2n) is 5.45. The molecule has 0 bridgehead atoms. The van der Waals surface area contributed by atoms with Crippen LogP contribution >= 0.6 is 0 Å². The van der Waals surface area contributed by atoms with Crippen molar-refractivity contribution in [1.82, 2.24) is 0 Å². The quantitative estimate of drug-likeness (QED) is 0.348. The number of hydrogen-bond acceptors (Lipinski definition) is 10. The van der Waals surface area contributed by atoms with E-state index in [1.165, 1.54) is 27.7 Å². The van der Waals surface area contributed by atoms with E-state index in [1.807, 2.05) is 0 Å². The van der Waals surface area contributed by atoms with Gasteiger partial charge in [-0.1, -0.05) is 0 Å². The Morgan fingerprint density at radius 3 is 0.931 bits per heavy atom. The zero-order chi connectivity index (χ0) is 22.1. The van der Waals surface area contributed by atoms with E-state index in [9.17, 15) is 17.3 Å². The van der Waals surface area contributed by atoms with Crippen molar-refractivity contribution >= 4 is 48.5 Å². The van der Waals surface area contributed by atoms with Gasteiger partial charge in [-0.15, -0.1) is 20.6 Å². The van der Waals surface area contributed by atoms with Crippen LogP contribution in [0.15, 0.2) is 20.6 Å². The summed E-state index contributed by atoms with van der Waals surface area (Å²) in [4.78, 5) is 0. The molecule has 0 atom stereocenters. The van der Waals surface area contributed by atoms with E-state index >= 15 is 0 Å². The van der Waals surface area contributed by atoms with Gasteiger partial charge in [-0.25, -0.2) is 0 Å². The number of halogens is 4. The first kappa shape index (κ1) is 28.8. The molecule has 164 valence electrons. The van der Waals surface area contributed by atoms with Gasteiger partial charge in [0.1, 0.15) is 0 Å². The van der Waals surface area contributed by atoms with Gasteiger partial charge in [0.25, 0.3) is 0 Å². The molecule has 0 saturated heterocycles. The van der Waals surface area contributed by atoms with Crippen LogP contribution in [0.2, 0.25) is 0 Å². The Morgan fingerprint density at radius 2 is 0.793 bits per heavy atom. The van der Waals surface area contributed by atoms with E-state index in [-0.39, 0.29) is 39.9 Å². The third-order valence-corrected chi connectivity index (χ3v) is 2.86. The summed E-state index contributed by atoms with van der Waals surface area (Å²) in [6.07, 6.45) is 0. The van der Waals surface area contributed by atoms with Crippen LogP contribution in [0.1, 0.15) is 41.5 Å². The summed E-state index contributed by atoms with van der Waals surface area (Å²) < 4.78 is 68.5. The van der Waals surface area contributed by atoms with Crippen LogP contribution < -0.4 is 0 Å². The summed E-state index contributed by atoms with van der Waals surface area (Å²) >= 11 is 0. The van der Waals surface area contributed by atoms with E-state index < -0.39 is 14.2 Å². The van der Waals surface area contributed by atoms with Gasteiger partial charge in [0, 0.05) is 11.4 Å². The monoisotopic (exact) mass is 466 g/mol. The number of nitrogens with one attached hydrogen (secondary N) is 2. The molecule has 1 aliphatic heterocycles. The second kappa shape index (κ2) is 12.2. The molecule has 29 heavy (non-hydrogen) atoms. The SMILES string of the molecule is CC(=N)C(C)=N.CC1=N\O[B-](F)(F)O/N=C(C)/C(C)=N/O[B-](F)(F)O\N=C\1C.[Fe+2]. The average Bonchev–Trinajstić information content (AvgIpc) is 2.60. The first-order valence-electron chi connectivity index (χ1n) is 7.69. The van der Waals surface area contributed by atoms with E-state index in [0.717, 1.165) is 0 Å². The fraction of sp³-hybridized carbons (Fsp3) is 0.500. The van der Waals surface area contributed by atoms with Gasteiger partial charge in [-0.3, -0.25) is 0 Å². The molecule has 0 aromatic rings. The molecule has 0 aromatic carbocycles. The van der Waals surface area contributed by atoms with Crippen LogP contribution in [0.4, 0.5) is 17.3 Å². The minimum atomic E-state index is -4.85. The number of oxime groups is 4. The summed E-state index contributed by atoms with van der Waals surface area (Å²) in [7, 11) is -9.71. The van der Waals surface area contributed by atoms with Crippen molar-refractivity contribution in [1.29, 1.82) is 10.8 Å². The van der Waals surface area contributed by atoms with Crippen molar-refractivity contribution in [2.75, 3.05) is 0 Å². The molecule has 0 spiro atoms. The molecule has 0 amide bonds. The molecule has 1 aliphatic rings. The molecule has 0 fully saturated rings. The predicted octanol–water partition coefficient (Wildman–Crippen LogP) is 3.38. The summed E-state index contributed by atoms with van der Waals surface area (Å²) in [5.41, 5.74) is -0.281. The zero-order valence-electron chi connectivity index (χ0n) is 16.4. The largest absolute Gasteiger partial charge is 2.00 e. The van der Waals surface area contributed by atoms with Gasteiger partial charge >= 0.3 is 31.3 Å². The van der Waals surface area contributed by atoms with E-state index in [4.69, 9.17) is 10.8 Å². The molecule has 0 saturated carbocycles. The summed E-state index contributed by atoms with van der Waals surface area (Å²) in [6.45, 7) is 7.93. The topological polar surface area (TPSA) is 134 Å². The van der Waals surface area contributed by atoms with E-state index in [0.29, 0.717) is 11.4 Å². The second-order valence-corrected chi connectivity index (χ2v) is 5.45. The van der Waals surface area contributed by atoms with Gasteiger partial charge in [0.05, 0.1) is 22.8 Å². The fourth-order valence-electron chi connectivity index (χ4n) is 0.864. The molecule has 0 unspecified atom stereocenters. The third-order valence-electron chi connectivity index (χ3n) is 2.86. The summed E-state index contributed by atoms with van der Waals surface area (Å²) in [6, 6.07) is 0. The molecule has 1 rings (SSSR count). The minimum absolute atomic E-state index is 0. The van der Waals surface area contributed by atoms with Crippen LogP contribution in [0.5, 0.6) is 0 Å². The first-order valence-corrected chi connectivity index (χ1v) is 7.69. The maximum atomic E-state index is 13.2. The Bertz CT molecular complexity index is 629. The predicted molar refractivity (Wildman–Crippen MR) is 99.5 cm³/mol. The molecule has 0 aromatic heterocycles. The molecular formula is C12H20B2F4FeN6O4. The van der Waals surface area contributed by atoms with Gasteiger partial charge < -0.3 is 47.1 Å². The number of hydrogen-bond donors (Lipinski definition) is 2.